The van der Waals surface area contributed by atoms with Crippen LogP contribution in [-0.4, -0.2) is 48.4 Å². The summed E-state index contributed by atoms with van der Waals surface area (Å²) in [5, 5.41) is 6.18. The molecule has 2 rings (SSSR count). The minimum Gasteiger partial charge on any atom is -0.343 e. The predicted molar refractivity (Wildman–Crippen MR) is 78.2 cm³/mol. The first-order valence-corrected chi connectivity index (χ1v) is 7.74. The number of hydrogen-bond donors (Lipinski definition) is 2. The van der Waals surface area contributed by atoms with Crippen LogP contribution in [0.1, 0.15) is 46.5 Å². The van der Waals surface area contributed by atoms with Crippen LogP contribution >= 0.6 is 0 Å². The van der Waals surface area contributed by atoms with Crippen molar-refractivity contribution in [3.8, 4) is 0 Å². The lowest BCUT2D eigenvalue weighted by Crippen LogP contribution is -2.58. The van der Waals surface area contributed by atoms with Gasteiger partial charge in [-0.25, -0.2) is 0 Å². The number of carbonyl (C=O) groups is 2. The van der Waals surface area contributed by atoms with Crippen LogP contribution in [0.2, 0.25) is 0 Å². The number of carbonyl (C=O) groups excluding carboxylic acids is 2. The summed E-state index contributed by atoms with van der Waals surface area (Å²) in [6.45, 7) is 8.52. The Bertz CT molecular complexity index is 375. The molecular formula is C15H27N3O2. The third-order valence-electron chi connectivity index (χ3n) is 4.54. The molecule has 0 radical (unpaired) electrons. The van der Waals surface area contributed by atoms with E-state index in [0.29, 0.717) is 0 Å². The van der Waals surface area contributed by atoms with E-state index in [1.54, 1.807) is 6.92 Å². The van der Waals surface area contributed by atoms with Gasteiger partial charge < -0.3 is 15.5 Å². The number of amides is 2. The van der Waals surface area contributed by atoms with E-state index in [1.807, 2.05) is 4.90 Å². The molecule has 114 valence electrons. The van der Waals surface area contributed by atoms with Gasteiger partial charge in [0.2, 0.25) is 11.8 Å². The van der Waals surface area contributed by atoms with Crippen LogP contribution in [0, 0.1) is 5.41 Å². The van der Waals surface area contributed by atoms with E-state index in [0.717, 1.165) is 45.3 Å². The zero-order chi connectivity index (χ0) is 14.8. The predicted octanol–water partition coefficient (Wildman–Crippen LogP) is 0.892. The normalized spacial score (nSPS) is 27.1. The fourth-order valence-corrected chi connectivity index (χ4v) is 3.23. The van der Waals surface area contributed by atoms with Crippen LogP contribution in [-0.2, 0) is 9.59 Å². The maximum absolute atomic E-state index is 12.4. The van der Waals surface area contributed by atoms with Crippen molar-refractivity contribution in [2.75, 3.05) is 19.6 Å². The van der Waals surface area contributed by atoms with E-state index in [1.165, 1.54) is 0 Å². The molecule has 2 heterocycles. The Morgan fingerprint density at radius 2 is 1.90 bits per heavy atom. The van der Waals surface area contributed by atoms with Crippen molar-refractivity contribution in [2.45, 2.75) is 58.5 Å². The molecular weight excluding hydrogens is 254 g/mol. The number of likely N-dealkylation sites (tertiary alicyclic amines) is 1. The standard InChI is InChI=1S/C15H27N3O2/c1-11(14(20)18-9-4-5-10-18)17-13(19)12-15(2,3)7-6-8-16-12/h11-12,16H,4-10H2,1-3H3,(H,17,19). The van der Waals surface area contributed by atoms with Gasteiger partial charge in [0.05, 0.1) is 6.04 Å². The first-order valence-electron chi connectivity index (χ1n) is 7.74. The molecule has 0 aromatic heterocycles. The molecule has 2 unspecified atom stereocenters. The van der Waals surface area contributed by atoms with Crippen LogP contribution in [0.4, 0.5) is 0 Å². The van der Waals surface area contributed by atoms with E-state index >= 15 is 0 Å². The summed E-state index contributed by atoms with van der Waals surface area (Å²) in [5.74, 6) is -0.000729. The number of piperidine rings is 1. The van der Waals surface area contributed by atoms with Crippen molar-refractivity contribution in [3.63, 3.8) is 0 Å². The Morgan fingerprint density at radius 3 is 2.50 bits per heavy atom. The van der Waals surface area contributed by atoms with Crippen LogP contribution in [0.25, 0.3) is 0 Å². The van der Waals surface area contributed by atoms with Crippen LogP contribution in [0.5, 0.6) is 0 Å². The molecule has 2 fully saturated rings. The summed E-state index contributed by atoms with van der Waals surface area (Å²) in [6.07, 6.45) is 4.28. The van der Waals surface area contributed by atoms with Gasteiger partial charge in [0, 0.05) is 13.1 Å². The van der Waals surface area contributed by atoms with Crippen LogP contribution in [0.15, 0.2) is 0 Å². The van der Waals surface area contributed by atoms with E-state index in [4.69, 9.17) is 0 Å². The Balaban J connectivity index is 1.91. The van der Waals surface area contributed by atoms with Gasteiger partial charge in [0.15, 0.2) is 0 Å². The Kier molecular flexibility index (Phi) is 4.68. The SMILES string of the molecule is CC(NC(=O)C1NCCCC1(C)C)C(=O)N1CCCC1. The van der Waals surface area contributed by atoms with Crippen LogP contribution < -0.4 is 10.6 Å². The molecule has 0 bridgehead atoms. The maximum atomic E-state index is 12.4. The maximum Gasteiger partial charge on any atom is 0.244 e. The molecule has 5 heteroatoms. The molecule has 0 aromatic rings. The topological polar surface area (TPSA) is 61.4 Å². The largest absolute Gasteiger partial charge is 0.343 e. The number of rotatable bonds is 3. The molecule has 0 aromatic carbocycles. The fraction of sp³-hybridized carbons (Fsp3) is 0.867. The molecule has 5 nitrogen and oxygen atoms in total. The van der Waals surface area contributed by atoms with Gasteiger partial charge in [0.25, 0.3) is 0 Å². The molecule has 2 atom stereocenters. The van der Waals surface area contributed by atoms with Crippen molar-refractivity contribution < 1.29 is 9.59 Å². The molecule has 0 saturated carbocycles. The second kappa shape index (κ2) is 6.12. The second-order valence-electron chi connectivity index (χ2n) is 6.74. The highest BCUT2D eigenvalue weighted by Gasteiger charge is 2.38. The Labute approximate surface area is 121 Å². The lowest BCUT2D eigenvalue weighted by Gasteiger charge is -2.38. The molecule has 0 spiro atoms. The second-order valence-corrected chi connectivity index (χ2v) is 6.74. The first kappa shape index (κ1) is 15.3. The van der Waals surface area contributed by atoms with Crippen molar-refractivity contribution in [2.24, 2.45) is 5.41 Å². The van der Waals surface area contributed by atoms with E-state index in [9.17, 15) is 9.59 Å². The van der Waals surface area contributed by atoms with Crippen molar-refractivity contribution >= 4 is 11.8 Å². The minimum absolute atomic E-state index is 0.0458. The highest BCUT2D eigenvalue weighted by atomic mass is 16.2. The van der Waals surface area contributed by atoms with Gasteiger partial charge in [0.1, 0.15) is 6.04 Å². The quantitative estimate of drug-likeness (QED) is 0.808. The third kappa shape index (κ3) is 3.32. The molecule has 0 aliphatic carbocycles. The van der Waals surface area contributed by atoms with Crippen molar-refractivity contribution in [1.29, 1.82) is 0 Å². The molecule has 2 aliphatic rings. The molecule has 20 heavy (non-hydrogen) atoms. The smallest absolute Gasteiger partial charge is 0.244 e. The van der Waals surface area contributed by atoms with Gasteiger partial charge >= 0.3 is 0 Å². The molecule has 2 saturated heterocycles. The molecule has 2 aliphatic heterocycles. The monoisotopic (exact) mass is 281 g/mol. The number of nitrogens with zero attached hydrogens (tertiary/aromatic N) is 1. The van der Waals surface area contributed by atoms with E-state index in [-0.39, 0.29) is 23.3 Å². The number of hydrogen-bond acceptors (Lipinski definition) is 3. The van der Waals surface area contributed by atoms with E-state index in [2.05, 4.69) is 24.5 Å². The van der Waals surface area contributed by atoms with Crippen molar-refractivity contribution in [3.05, 3.63) is 0 Å². The lowest BCUT2D eigenvalue weighted by atomic mass is 9.77. The summed E-state index contributed by atoms with van der Waals surface area (Å²) in [7, 11) is 0. The summed E-state index contributed by atoms with van der Waals surface area (Å²) in [5.41, 5.74) is -0.0568. The first-order chi connectivity index (χ1) is 9.42. The summed E-state index contributed by atoms with van der Waals surface area (Å²) in [6, 6.07) is -0.634. The van der Waals surface area contributed by atoms with Crippen molar-refractivity contribution in [1.82, 2.24) is 15.5 Å². The summed E-state index contributed by atoms with van der Waals surface area (Å²) < 4.78 is 0. The third-order valence-corrected chi connectivity index (χ3v) is 4.54. The Morgan fingerprint density at radius 1 is 1.25 bits per heavy atom. The average Bonchev–Trinajstić information content (AvgIpc) is 2.90. The van der Waals surface area contributed by atoms with Gasteiger partial charge in [-0.2, -0.15) is 0 Å². The lowest BCUT2D eigenvalue weighted by molar-refractivity contribution is -0.136. The highest BCUT2D eigenvalue weighted by molar-refractivity contribution is 5.90. The van der Waals surface area contributed by atoms with Gasteiger partial charge in [-0.1, -0.05) is 13.8 Å². The molecule has 2 amide bonds. The number of nitrogens with one attached hydrogen (secondary N) is 2. The highest BCUT2D eigenvalue weighted by Crippen LogP contribution is 2.30. The summed E-state index contributed by atoms with van der Waals surface area (Å²) in [4.78, 5) is 26.5. The molecule has 2 N–H and O–H groups in total. The van der Waals surface area contributed by atoms with E-state index < -0.39 is 6.04 Å². The average molecular weight is 281 g/mol. The van der Waals surface area contributed by atoms with Gasteiger partial charge in [-0.05, 0) is 44.6 Å². The Hall–Kier alpha value is -1.10. The fourth-order valence-electron chi connectivity index (χ4n) is 3.23. The zero-order valence-corrected chi connectivity index (χ0v) is 12.9. The zero-order valence-electron chi connectivity index (χ0n) is 12.9. The van der Waals surface area contributed by atoms with Gasteiger partial charge in [-0.15, -0.1) is 0 Å². The summed E-state index contributed by atoms with van der Waals surface area (Å²) >= 11 is 0. The van der Waals surface area contributed by atoms with Gasteiger partial charge in [-0.3, -0.25) is 9.59 Å². The van der Waals surface area contributed by atoms with Crippen LogP contribution in [0.3, 0.4) is 0 Å². The minimum atomic E-state index is -0.430.